The summed E-state index contributed by atoms with van der Waals surface area (Å²) in [6, 6.07) is 10.2. The number of rotatable bonds is 6. The number of halogens is 1. The van der Waals surface area contributed by atoms with Crippen LogP contribution in [0.1, 0.15) is 6.92 Å². The number of benzene rings is 1. The SMILES string of the molecule is CC(COc1ccccc1)N(SCl)[Si](C)(C)C. The molecule has 96 valence electrons. The van der Waals surface area contributed by atoms with Crippen LogP contribution in [0.4, 0.5) is 0 Å². The highest BCUT2D eigenvalue weighted by atomic mass is 35.7. The molecule has 0 saturated carbocycles. The van der Waals surface area contributed by atoms with Crippen molar-refractivity contribution in [2.45, 2.75) is 32.6 Å². The second kappa shape index (κ2) is 6.68. The molecular formula is C12H20ClNOSSi. The van der Waals surface area contributed by atoms with E-state index in [1.807, 2.05) is 30.3 Å². The van der Waals surface area contributed by atoms with Gasteiger partial charge >= 0.3 is 0 Å². The molecule has 0 spiro atoms. The monoisotopic (exact) mass is 289 g/mol. The van der Waals surface area contributed by atoms with E-state index in [1.165, 1.54) is 11.2 Å². The molecule has 0 aliphatic heterocycles. The molecule has 1 unspecified atom stereocenters. The maximum atomic E-state index is 5.95. The molecule has 0 bridgehead atoms. The van der Waals surface area contributed by atoms with E-state index in [1.54, 1.807) is 0 Å². The summed E-state index contributed by atoms with van der Waals surface area (Å²) < 4.78 is 8.03. The zero-order valence-corrected chi connectivity index (χ0v) is 13.4. The van der Waals surface area contributed by atoms with Crippen LogP contribution in [0.15, 0.2) is 30.3 Å². The topological polar surface area (TPSA) is 12.5 Å². The van der Waals surface area contributed by atoms with Gasteiger partial charge in [-0.2, -0.15) is 0 Å². The fourth-order valence-electron chi connectivity index (χ4n) is 1.63. The summed E-state index contributed by atoms with van der Waals surface area (Å²) in [6.07, 6.45) is 0. The molecule has 0 fully saturated rings. The normalized spacial score (nSPS) is 13.8. The standard InChI is InChI=1S/C12H20ClNOSSi/c1-11(14(16-13)17(2,3)4)10-15-12-8-6-5-7-9-12/h5-9,11H,10H2,1-4H3. The molecule has 0 saturated heterocycles. The third-order valence-corrected chi connectivity index (χ3v) is 7.35. The summed E-state index contributed by atoms with van der Waals surface area (Å²) in [5.74, 6) is 0.912. The highest BCUT2D eigenvalue weighted by Crippen LogP contribution is 2.27. The Morgan fingerprint density at radius 1 is 1.29 bits per heavy atom. The first kappa shape index (κ1) is 14.9. The molecule has 1 aromatic carbocycles. The largest absolute Gasteiger partial charge is 0.492 e. The van der Waals surface area contributed by atoms with Crippen LogP contribution in [-0.2, 0) is 0 Å². The zero-order chi connectivity index (χ0) is 12.9. The van der Waals surface area contributed by atoms with Gasteiger partial charge < -0.3 is 4.74 Å². The molecule has 0 aromatic heterocycles. The van der Waals surface area contributed by atoms with Crippen molar-refractivity contribution >= 4 is 30.1 Å². The van der Waals surface area contributed by atoms with Crippen molar-refractivity contribution in [2.24, 2.45) is 0 Å². The minimum absolute atomic E-state index is 0.310. The number of nitrogens with zero attached hydrogens (tertiary/aromatic N) is 1. The minimum atomic E-state index is -1.40. The predicted octanol–water partition coefficient (Wildman–Crippen LogP) is 4.39. The Hall–Kier alpha value is -0.163. The lowest BCUT2D eigenvalue weighted by Crippen LogP contribution is -2.47. The van der Waals surface area contributed by atoms with Crippen LogP contribution in [0.2, 0.25) is 19.6 Å². The molecule has 0 radical (unpaired) electrons. The predicted molar refractivity (Wildman–Crippen MR) is 80.0 cm³/mol. The first-order valence-corrected chi connectivity index (χ1v) is 10.8. The Balaban J connectivity index is 2.51. The van der Waals surface area contributed by atoms with Gasteiger partial charge in [-0.1, -0.05) is 37.8 Å². The highest BCUT2D eigenvalue weighted by Gasteiger charge is 2.29. The molecule has 0 heterocycles. The Labute approximate surface area is 114 Å². The van der Waals surface area contributed by atoms with E-state index in [9.17, 15) is 0 Å². The van der Waals surface area contributed by atoms with E-state index in [0.29, 0.717) is 12.6 Å². The number of hydrogen-bond acceptors (Lipinski definition) is 3. The summed E-state index contributed by atoms with van der Waals surface area (Å²) in [7, 11) is 4.55. The van der Waals surface area contributed by atoms with Crippen LogP contribution in [0.3, 0.4) is 0 Å². The van der Waals surface area contributed by atoms with Crippen LogP contribution in [-0.4, -0.2) is 24.9 Å². The molecule has 5 heteroatoms. The lowest BCUT2D eigenvalue weighted by atomic mass is 10.3. The third kappa shape index (κ3) is 4.92. The van der Waals surface area contributed by atoms with E-state index in [0.717, 1.165) is 5.75 Å². The van der Waals surface area contributed by atoms with Crippen molar-refractivity contribution in [1.82, 2.24) is 3.97 Å². The molecule has 1 rings (SSSR count). The van der Waals surface area contributed by atoms with Gasteiger partial charge in [-0.3, -0.25) is 3.97 Å². The molecular weight excluding hydrogens is 270 g/mol. The van der Waals surface area contributed by atoms with Gasteiger partial charge in [0.1, 0.15) is 20.6 Å². The van der Waals surface area contributed by atoms with Gasteiger partial charge in [0.2, 0.25) is 0 Å². The van der Waals surface area contributed by atoms with Gasteiger partial charge in [0.25, 0.3) is 0 Å². The van der Waals surface area contributed by atoms with Gasteiger partial charge in [0, 0.05) is 17.2 Å². The van der Waals surface area contributed by atoms with Crippen LogP contribution in [0.5, 0.6) is 5.75 Å². The van der Waals surface area contributed by atoms with Gasteiger partial charge in [0.15, 0.2) is 0 Å². The molecule has 17 heavy (non-hydrogen) atoms. The average molecular weight is 290 g/mol. The Bertz CT molecular complexity index is 331. The van der Waals surface area contributed by atoms with Crippen molar-refractivity contribution in [3.05, 3.63) is 30.3 Å². The van der Waals surface area contributed by atoms with Crippen molar-refractivity contribution in [2.75, 3.05) is 6.61 Å². The Morgan fingerprint density at radius 3 is 2.35 bits per heavy atom. The molecule has 1 atom stereocenters. The first-order chi connectivity index (χ1) is 7.95. The van der Waals surface area contributed by atoms with Crippen LogP contribution < -0.4 is 4.74 Å². The number of ether oxygens (including phenoxy) is 1. The Kier molecular flexibility index (Phi) is 5.86. The summed E-state index contributed by atoms with van der Waals surface area (Å²) in [5, 5.41) is 0. The van der Waals surface area contributed by atoms with Crippen molar-refractivity contribution in [3.63, 3.8) is 0 Å². The van der Waals surface area contributed by atoms with Crippen molar-refractivity contribution in [1.29, 1.82) is 0 Å². The van der Waals surface area contributed by atoms with Gasteiger partial charge in [-0.25, -0.2) is 0 Å². The maximum Gasteiger partial charge on any atom is 0.133 e. The molecule has 0 N–H and O–H groups in total. The van der Waals surface area contributed by atoms with Gasteiger partial charge in [-0.05, 0) is 29.7 Å². The van der Waals surface area contributed by atoms with Crippen molar-refractivity contribution < 1.29 is 4.74 Å². The first-order valence-electron chi connectivity index (χ1n) is 5.71. The fraction of sp³-hybridized carbons (Fsp3) is 0.500. The molecule has 2 nitrogen and oxygen atoms in total. The molecule has 0 aliphatic carbocycles. The number of hydrogen-bond donors (Lipinski definition) is 0. The highest BCUT2D eigenvalue weighted by molar-refractivity contribution is 8.20. The maximum absolute atomic E-state index is 5.95. The smallest absolute Gasteiger partial charge is 0.133 e. The zero-order valence-electron chi connectivity index (χ0n) is 10.8. The van der Waals surface area contributed by atoms with Crippen molar-refractivity contribution in [3.8, 4) is 5.75 Å². The second-order valence-corrected chi connectivity index (χ2v) is 11.1. The number of para-hydroxylation sites is 1. The van der Waals surface area contributed by atoms with E-state index in [-0.39, 0.29) is 0 Å². The quantitative estimate of drug-likeness (QED) is 0.569. The summed E-state index contributed by atoms with van der Waals surface area (Å²) >= 11 is 1.31. The van der Waals surface area contributed by atoms with Gasteiger partial charge in [0.05, 0.1) is 0 Å². The average Bonchev–Trinajstić information content (AvgIpc) is 2.27. The lowest BCUT2D eigenvalue weighted by Gasteiger charge is -2.35. The van der Waals surface area contributed by atoms with Crippen LogP contribution >= 0.6 is 21.8 Å². The van der Waals surface area contributed by atoms with Crippen LogP contribution in [0.25, 0.3) is 0 Å². The van der Waals surface area contributed by atoms with E-state index < -0.39 is 8.24 Å². The van der Waals surface area contributed by atoms with E-state index in [4.69, 9.17) is 15.4 Å². The minimum Gasteiger partial charge on any atom is -0.492 e. The van der Waals surface area contributed by atoms with E-state index >= 15 is 0 Å². The summed E-state index contributed by atoms with van der Waals surface area (Å²) in [6.45, 7) is 9.65. The lowest BCUT2D eigenvalue weighted by molar-refractivity contribution is 0.260. The second-order valence-electron chi connectivity index (χ2n) is 5.04. The van der Waals surface area contributed by atoms with Crippen LogP contribution in [0, 0.1) is 0 Å². The Morgan fingerprint density at radius 2 is 1.88 bits per heavy atom. The molecule has 0 amide bonds. The molecule has 0 aliphatic rings. The van der Waals surface area contributed by atoms with Gasteiger partial charge in [-0.15, -0.1) is 0 Å². The molecule has 1 aromatic rings. The van der Waals surface area contributed by atoms with E-state index in [2.05, 4.69) is 30.5 Å². The summed E-state index contributed by atoms with van der Waals surface area (Å²) in [4.78, 5) is 0. The third-order valence-electron chi connectivity index (χ3n) is 2.37. The fourth-order valence-corrected chi connectivity index (χ4v) is 6.33. The summed E-state index contributed by atoms with van der Waals surface area (Å²) in [5.41, 5.74) is 0.